The molecule has 2 atom stereocenters. The van der Waals surface area contributed by atoms with Gasteiger partial charge in [0.1, 0.15) is 12.1 Å². The second-order valence-electron chi connectivity index (χ2n) is 6.41. The third-order valence-electron chi connectivity index (χ3n) is 4.93. The number of amides is 1. The van der Waals surface area contributed by atoms with Gasteiger partial charge in [-0.05, 0) is 37.0 Å². The highest BCUT2D eigenvalue weighted by Gasteiger charge is 2.48. The molecule has 1 aromatic carbocycles. The lowest BCUT2D eigenvalue weighted by atomic mass is 9.81. The van der Waals surface area contributed by atoms with Crippen molar-refractivity contribution >= 4 is 44.5 Å². The highest BCUT2D eigenvalue weighted by Crippen LogP contribution is 2.51. The van der Waals surface area contributed by atoms with E-state index in [9.17, 15) is 9.18 Å². The van der Waals surface area contributed by atoms with Crippen LogP contribution in [0.15, 0.2) is 38.7 Å². The minimum atomic E-state index is -0.642. The molecule has 1 fully saturated rings. The number of hydrogen-bond acceptors (Lipinski definition) is 6. The number of carbonyl (C=O) groups excluding carboxylic acids is 1. The van der Waals surface area contributed by atoms with Crippen molar-refractivity contribution in [3.63, 3.8) is 0 Å². The van der Waals surface area contributed by atoms with E-state index in [-0.39, 0.29) is 22.2 Å². The first-order valence-corrected chi connectivity index (χ1v) is 9.96. The number of halogens is 2. The average molecular weight is 439 g/mol. The maximum Gasteiger partial charge on any atom is 0.277 e. The van der Waals surface area contributed by atoms with E-state index in [0.717, 1.165) is 25.0 Å². The van der Waals surface area contributed by atoms with Crippen molar-refractivity contribution in [1.82, 2.24) is 4.98 Å². The van der Waals surface area contributed by atoms with Gasteiger partial charge in [0, 0.05) is 32.9 Å². The lowest BCUT2D eigenvalue weighted by molar-refractivity contribution is 0.102. The zero-order valence-corrected chi connectivity index (χ0v) is 16.1. The Balaban J connectivity index is 1.68. The Bertz CT molecular complexity index is 903. The molecule has 2 aromatic rings. The molecule has 4 rings (SSSR count). The van der Waals surface area contributed by atoms with Gasteiger partial charge in [-0.2, -0.15) is 4.98 Å². The van der Waals surface area contributed by atoms with Gasteiger partial charge in [-0.3, -0.25) is 9.79 Å². The number of aliphatic imine (C=N–C) groups is 1. The Kier molecular flexibility index (Phi) is 4.52. The van der Waals surface area contributed by atoms with Gasteiger partial charge in [-0.15, -0.1) is 0 Å². The number of nitrogens with zero attached hydrogens (tertiary/aromatic N) is 2. The number of nitrogens with two attached hydrogens (primary N) is 1. The second kappa shape index (κ2) is 6.70. The Morgan fingerprint density at radius 2 is 2.35 bits per heavy atom. The van der Waals surface area contributed by atoms with E-state index in [1.807, 2.05) is 0 Å². The lowest BCUT2D eigenvalue weighted by Gasteiger charge is -2.36. The number of fused-ring (bicyclic) bond motifs is 1. The van der Waals surface area contributed by atoms with E-state index < -0.39 is 11.4 Å². The molecule has 1 aromatic heterocycles. The Labute approximate surface area is 162 Å². The van der Waals surface area contributed by atoms with Crippen LogP contribution in [0.1, 0.15) is 35.3 Å². The molecule has 2 unspecified atom stereocenters. The minimum Gasteiger partial charge on any atom is -0.439 e. The number of amidine groups is 1. The van der Waals surface area contributed by atoms with Crippen LogP contribution < -0.4 is 11.1 Å². The molecule has 1 aliphatic carbocycles. The third kappa shape index (κ3) is 3.03. The van der Waals surface area contributed by atoms with Crippen molar-refractivity contribution in [1.29, 1.82) is 0 Å². The molecule has 26 heavy (non-hydrogen) atoms. The third-order valence-corrected chi connectivity index (χ3v) is 6.25. The van der Waals surface area contributed by atoms with Gasteiger partial charge >= 0.3 is 0 Å². The molecular formula is C17H16BrFN4O2S. The Morgan fingerprint density at radius 3 is 3.12 bits per heavy atom. The van der Waals surface area contributed by atoms with Gasteiger partial charge in [-0.1, -0.05) is 18.2 Å². The van der Waals surface area contributed by atoms with Crippen LogP contribution in [0.5, 0.6) is 0 Å². The molecule has 0 spiro atoms. The van der Waals surface area contributed by atoms with Gasteiger partial charge in [0.15, 0.2) is 10.9 Å². The molecule has 0 bridgehead atoms. The van der Waals surface area contributed by atoms with E-state index in [1.54, 1.807) is 6.07 Å². The summed E-state index contributed by atoms with van der Waals surface area (Å²) in [7, 11) is 0. The van der Waals surface area contributed by atoms with Crippen molar-refractivity contribution in [2.24, 2.45) is 16.6 Å². The SMILES string of the molecule is NC1=NC2(c3cc(NC(=O)c4coc(Br)n4)ccc3F)CCCC2CS1. The van der Waals surface area contributed by atoms with Crippen LogP contribution in [0.2, 0.25) is 0 Å². The first kappa shape index (κ1) is 17.5. The Hall–Kier alpha value is -1.87. The second-order valence-corrected chi connectivity index (χ2v) is 8.13. The molecule has 6 nitrogen and oxygen atoms in total. The predicted molar refractivity (Wildman–Crippen MR) is 102 cm³/mol. The van der Waals surface area contributed by atoms with E-state index in [2.05, 4.69) is 31.2 Å². The van der Waals surface area contributed by atoms with E-state index in [4.69, 9.17) is 10.2 Å². The number of oxazole rings is 1. The maximum absolute atomic E-state index is 14.7. The number of hydrogen-bond donors (Lipinski definition) is 2. The molecule has 0 saturated heterocycles. The first-order chi connectivity index (χ1) is 12.5. The standard InChI is InChI=1S/C17H16BrFN4O2S/c18-15-22-13(7-25-15)14(24)21-10-3-4-12(19)11(6-10)17-5-1-2-9(17)8-26-16(20)23-17/h3-4,6-7,9H,1-2,5,8H2,(H2,20,23)(H,21,24). The summed E-state index contributed by atoms with van der Waals surface area (Å²) < 4.78 is 19.7. The van der Waals surface area contributed by atoms with Crippen LogP contribution in [0, 0.1) is 11.7 Å². The topological polar surface area (TPSA) is 93.5 Å². The Morgan fingerprint density at radius 1 is 1.50 bits per heavy atom. The molecule has 1 aliphatic heterocycles. The smallest absolute Gasteiger partial charge is 0.277 e. The average Bonchev–Trinajstić information content (AvgIpc) is 3.23. The number of thioether (sulfide) groups is 1. The van der Waals surface area contributed by atoms with Crippen LogP contribution >= 0.6 is 27.7 Å². The normalized spacial score (nSPS) is 24.8. The first-order valence-electron chi connectivity index (χ1n) is 8.18. The summed E-state index contributed by atoms with van der Waals surface area (Å²) in [4.78, 5) is 21.1. The van der Waals surface area contributed by atoms with Crippen LogP contribution in [0.25, 0.3) is 0 Å². The van der Waals surface area contributed by atoms with Crippen molar-refractivity contribution in [3.05, 3.63) is 46.3 Å². The number of rotatable bonds is 3. The fraction of sp³-hybridized carbons (Fsp3) is 0.353. The highest BCUT2D eigenvalue weighted by molar-refractivity contribution is 9.10. The van der Waals surface area contributed by atoms with E-state index >= 15 is 0 Å². The molecule has 3 N–H and O–H groups in total. The number of aromatic nitrogens is 1. The number of benzene rings is 1. The molecule has 0 radical (unpaired) electrons. The van der Waals surface area contributed by atoms with Gasteiger partial charge < -0.3 is 15.5 Å². The predicted octanol–water partition coefficient (Wildman–Crippen LogP) is 3.89. The van der Waals surface area contributed by atoms with Gasteiger partial charge in [0.25, 0.3) is 10.7 Å². The number of carbonyl (C=O) groups is 1. The highest BCUT2D eigenvalue weighted by atomic mass is 79.9. The largest absolute Gasteiger partial charge is 0.439 e. The molecule has 2 aliphatic rings. The van der Waals surface area contributed by atoms with Gasteiger partial charge in [-0.25, -0.2) is 4.39 Å². The maximum atomic E-state index is 14.7. The molecule has 136 valence electrons. The summed E-state index contributed by atoms with van der Waals surface area (Å²) >= 11 is 4.58. The van der Waals surface area contributed by atoms with Gasteiger partial charge in [0.2, 0.25) is 0 Å². The zero-order valence-electron chi connectivity index (χ0n) is 13.7. The summed E-state index contributed by atoms with van der Waals surface area (Å²) in [5.74, 6) is 0.312. The van der Waals surface area contributed by atoms with Crippen LogP contribution in [0.4, 0.5) is 10.1 Å². The molecule has 1 saturated carbocycles. The lowest BCUT2D eigenvalue weighted by Crippen LogP contribution is -2.37. The quantitative estimate of drug-likeness (QED) is 0.757. The van der Waals surface area contributed by atoms with E-state index in [1.165, 1.54) is 30.2 Å². The summed E-state index contributed by atoms with van der Waals surface area (Å²) in [6.07, 6.45) is 3.97. The van der Waals surface area contributed by atoms with Crippen LogP contribution in [-0.2, 0) is 5.54 Å². The van der Waals surface area contributed by atoms with Gasteiger partial charge in [0.05, 0.1) is 5.54 Å². The summed E-state index contributed by atoms with van der Waals surface area (Å²) in [6.45, 7) is 0. The van der Waals surface area contributed by atoms with Crippen molar-refractivity contribution in [3.8, 4) is 0 Å². The zero-order chi connectivity index (χ0) is 18.3. The van der Waals surface area contributed by atoms with E-state index in [0.29, 0.717) is 16.4 Å². The summed E-state index contributed by atoms with van der Waals surface area (Å²) in [6, 6.07) is 4.55. The molecule has 9 heteroatoms. The van der Waals surface area contributed by atoms with Crippen molar-refractivity contribution < 1.29 is 13.6 Å². The molecule has 2 heterocycles. The summed E-state index contributed by atoms with van der Waals surface area (Å²) in [5, 5.41) is 3.22. The van der Waals surface area contributed by atoms with Crippen molar-refractivity contribution in [2.45, 2.75) is 24.8 Å². The van der Waals surface area contributed by atoms with Crippen LogP contribution in [-0.4, -0.2) is 21.8 Å². The minimum absolute atomic E-state index is 0.135. The molecular weight excluding hydrogens is 423 g/mol. The molecule has 1 amide bonds. The van der Waals surface area contributed by atoms with Crippen LogP contribution in [0.3, 0.4) is 0 Å². The fourth-order valence-corrected chi connectivity index (χ4v) is 5.07. The number of anilines is 1. The fourth-order valence-electron chi connectivity index (χ4n) is 3.75. The monoisotopic (exact) mass is 438 g/mol. The summed E-state index contributed by atoms with van der Waals surface area (Å²) in [5.41, 5.74) is 6.42. The number of nitrogens with one attached hydrogen (secondary N) is 1. The van der Waals surface area contributed by atoms with Crippen molar-refractivity contribution in [2.75, 3.05) is 11.1 Å².